The van der Waals surface area contributed by atoms with Gasteiger partial charge < -0.3 is 10.7 Å². The van der Waals surface area contributed by atoms with Crippen molar-refractivity contribution < 1.29 is 4.92 Å². The molecule has 0 unspecified atom stereocenters. The molecule has 1 heterocycles. The number of fused-ring (bicyclic) bond motifs is 1. The fourth-order valence-corrected chi connectivity index (χ4v) is 1.75. The standard InChI is InChI=1S/C10H11N3O2/c1-6-9(5-11)8-4-7(13(14)15)2-3-10(8)12-6/h2-4,12H,5,11H2,1H3. The third kappa shape index (κ3) is 1.46. The predicted molar refractivity (Wildman–Crippen MR) is 57.6 cm³/mol. The van der Waals surface area contributed by atoms with E-state index in [9.17, 15) is 10.1 Å². The van der Waals surface area contributed by atoms with Crippen LogP contribution in [-0.2, 0) is 6.54 Å². The molecule has 1 aromatic heterocycles. The Morgan fingerprint density at radius 3 is 2.87 bits per heavy atom. The van der Waals surface area contributed by atoms with Crippen LogP contribution in [0.4, 0.5) is 5.69 Å². The number of hydrogen-bond donors (Lipinski definition) is 2. The Bertz CT molecular complexity index is 531. The lowest BCUT2D eigenvalue weighted by molar-refractivity contribution is -0.384. The van der Waals surface area contributed by atoms with E-state index in [0.29, 0.717) is 6.54 Å². The largest absolute Gasteiger partial charge is 0.358 e. The summed E-state index contributed by atoms with van der Waals surface area (Å²) >= 11 is 0. The number of nitro groups is 1. The Labute approximate surface area is 86.0 Å². The lowest BCUT2D eigenvalue weighted by Crippen LogP contribution is -1.97. The quantitative estimate of drug-likeness (QED) is 0.579. The summed E-state index contributed by atoms with van der Waals surface area (Å²) in [6.45, 7) is 2.29. The number of benzene rings is 1. The van der Waals surface area contributed by atoms with Gasteiger partial charge in [-0.15, -0.1) is 0 Å². The van der Waals surface area contributed by atoms with Gasteiger partial charge in [-0.05, 0) is 18.6 Å². The highest BCUT2D eigenvalue weighted by molar-refractivity contribution is 5.86. The molecule has 0 bridgehead atoms. The lowest BCUT2D eigenvalue weighted by atomic mass is 10.1. The highest BCUT2D eigenvalue weighted by Crippen LogP contribution is 2.25. The highest BCUT2D eigenvalue weighted by Gasteiger charge is 2.11. The first-order valence-corrected chi connectivity index (χ1v) is 4.59. The van der Waals surface area contributed by atoms with Crippen molar-refractivity contribution in [2.75, 3.05) is 0 Å². The first-order valence-electron chi connectivity index (χ1n) is 4.59. The number of rotatable bonds is 2. The normalized spacial score (nSPS) is 10.8. The summed E-state index contributed by atoms with van der Waals surface area (Å²) < 4.78 is 0. The molecule has 2 rings (SSSR count). The summed E-state index contributed by atoms with van der Waals surface area (Å²) in [6.07, 6.45) is 0. The van der Waals surface area contributed by atoms with Crippen LogP contribution in [0.1, 0.15) is 11.3 Å². The van der Waals surface area contributed by atoms with E-state index < -0.39 is 4.92 Å². The molecule has 0 spiro atoms. The van der Waals surface area contributed by atoms with Crippen LogP contribution in [-0.4, -0.2) is 9.91 Å². The van der Waals surface area contributed by atoms with E-state index in [1.807, 2.05) is 6.92 Å². The molecular weight excluding hydrogens is 194 g/mol. The summed E-state index contributed by atoms with van der Waals surface area (Å²) in [5.41, 5.74) is 8.48. The van der Waals surface area contributed by atoms with Crippen LogP contribution >= 0.6 is 0 Å². The van der Waals surface area contributed by atoms with Gasteiger partial charge in [-0.25, -0.2) is 0 Å². The number of aromatic amines is 1. The molecule has 5 heteroatoms. The Morgan fingerprint density at radius 2 is 2.27 bits per heavy atom. The van der Waals surface area contributed by atoms with Crippen LogP contribution in [0.2, 0.25) is 0 Å². The van der Waals surface area contributed by atoms with E-state index in [1.165, 1.54) is 6.07 Å². The third-order valence-corrected chi connectivity index (χ3v) is 2.52. The molecule has 0 aliphatic carbocycles. The van der Waals surface area contributed by atoms with Gasteiger partial charge in [0.2, 0.25) is 0 Å². The minimum Gasteiger partial charge on any atom is -0.358 e. The van der Waals surface area contributed by atoms with Crippen molar-refractivity contribution in [3.8, 4) is 0 Å². The van der Waals surface area contributed by atoms with Gasteiger partial charge >= 0.3 is 0 Å². The number of hydrogen-bond acceptors (Lipinski definition) is 3. The van der Waals surface area contributed by atoms with E-state index in [-0.39, 0.29) is 5.69 Å². The van der Waals surface area contributed by atoms with E-state index in [1.54, 1.807) is 12.1 Å². The van der Waals surface area contributed by atoms with Crippen molar-refractivity contribution >= 4 is 16.6 Å². The maximum atomic E-state index is 10.6. The monoisotopic (exact) mass is 205 g/mol. The van der Waals surface area contributed by atoms with Crippen molar-refractivity contribution in [1.29, 1.82) is 0 Å². The van der Waals surface area contributed by atoms with Gasteiger partial charge in [0.25, 0.3) is 5.69 Å². The maximum Gasteiger partial charge on any atom is 0.270 e. The Kier molecular flexibility index (Phi) is 2.17. The molecule has 0 saturated carbocycles. The average molecular weight is 205 g/mol. The van der Waals surface area contributed by atoms with Gasteiger partial charge in [0.05, 0.1) is 4.92 Å². The molecule has 3 N–H and O–H groups in total. The summed E-state index contributed by atoms with van der Waals surface area (Å²) in [4.78, 5) is 13.4. The number of H-pyrrole nitrogens is 1. The molecule has 5 nitrogen and oxygen atoms in total. The van der Waals surface area contributed by atoms with E-state index >= 15 is 0 Å². The topological polar surface area (TPSA) is 84.9 Å². The minimum absolute atomic E-state index is 0.0937. The van der Waals surface area contributed by atoms with E-state index in [0.717, 1.165) is 22.2 Å². The first-order chi connectivity index (χ1) is 7.13. The molecule has 1 aromatic carbocycles. The second-order valence-electron chi connectivity index (χ2n) is 3.42. The molecule has 2 aromatic rings. The Morgan fingerprint density at radius 1 is 1.53 bits per heavy atom. The average Bonchev–Trinajstić information content (AvgIpc) is 2.51. The molecule has 0 atom stereocenters. The van der Waals surface area contributed by atoms with Crippen LogP contribution in [0, 0.1) is 17.0 Å². The molecule has 78 valence electrons. The molecule has 0 radical (unpaired) electrons. The van der Waals surface area contributed by atoms with Crippen molar-refractivity contribution in [3.63, 3.8) is 0 Å². The molecule has 0 saturated heterocycles. The number of nitrogens with one attached hydrogen (secondary N) is 1. The second kappa shape index (κ2) is 3.36. The fourth-order valence-electron chi connectivity index (χ4n) is 1.75. The fraction of sp³-hybridized carbons (Fsp3) is 0.200. The number of aromatic nitrogens is 1. The molecule has 0 fully saturated rings. The molecular formula is C10H11N3O2. The second-order valence-corrected chi connectivity index (χ2v) is 3.42. The zero-order valence-corrected chi connectivity index (χ0v) is 8.28. The number of non-ortho nitro benzene ring substituents is 1. The van der Waals surface area contributed by atoms with Gasteiger partial charge in [-0.2, -0.15) is 0 Å². The summed E-state index contributed by atoms with van der Waals surface area (Å²) in [5.74, 6) is 0. The van der Waals surface area contributed by atoms with Crippen molar-refractivity contribution in [2.24, 2.45) is 5.73 Å². The molecule has 0 aliphatic rings. The molecule has 0 amide bonds. The maximum absolute atomic E-state index is 10.6. The number of nitro benzene ring substituents is 1. The zero-order valence-electron chi connectivity index (χ0n) is 8.28. The Hall–Kier alpha value is -1.88. The van der Waals surface area contributed by atoms with Gasteiger partial charge in [0.1, 0.15) is 0 Å². The number of nitrogens with zero attached hydrogens (tertiary/aromatic N) is 1. The van der Waals surface area contributed by atoms with E-state index in [2.05, 4.69) is 4.98 Å². The van der Waals surface area contributed by atoms with Crippen LogP contribution in [0.15, 0.2) is 18.2 Å². The predicted octanol–water partition coefficient (Wildman–Crippen LogP) is 1.84. The lowest BCUT2D eigenvalue weighted by Gasteiger charge is -1.95. The summed E-state index contributed by atoms with van der Waals surface area (Å²) in [7, 11) is 0. The van der Waals surface area contributed by atoms with Gasteiger partial charge in [-0.3, -0.25) is 10.1 Å². The number of aryl methyl sites for hydroxylation is 1. The number of nitrogens with two attached hydrogens (primary N) is 1. The van der Waals surface area contributed by atoms with E-state index in [4.69, 9.17) is 5.73 Å². The van der Waals surface area contributed by atoms with Crippen LogP contribution in [0.25, 0.3) is 10.9 Å². The van der Waals surface area contributed by atoms with Gasteiger partial charge in [0.15, 0.2) is 0 Å². The smallest absolute Gasteiger partial charge is 0.270 e. The minimum atomic E-state index is -0.401. The third-order valence-electron chi connectivity index (χ3n) is 2.52. The van der Waals surface area contributed by atoms with Gasteiger partial charge in [0, 0.05) is 35.3 Å². The summed E-state index contributed by atoms with van der Waals surface area (Å²) in [6, 6.07) is 4.75. The Balaban J connectivity index is 2.73. The van der Waals surface area contributed by atoms with Crippen molar-refractivity contribution in [1.82, 2.24) is 4.98 Å². The SMILES string of the molecule is Cc1[nH]c2ccc([N+](=O)[O-])cc2c1CN. The van der Waals surface area contributed by atoms with Crippen LogP contribution in [0.3, 0.4) is 0 Å². The summed E-state index contributed by atoms with van der Waals surface area (Å²) in [5, 5.41) is 11.5. The van der Waals surface area contributed by atoms with Crippen LogP contribution < -0.4 is 5.73 Å². The van der Waals surface area contributed by atoms with Gasteiger partial charge in [-0.1, -0.05) is 0 Å². The van der Waals surface area contributed by atoms with Crippen molar-refractivity contribution in [3.05, 3.63) is 39.6 Å². The zero-order chi connectivity index (χ0) is 11.0. The van der Waals surface area contributed by atoms with Crippen LogP contribution in [0.5, 0.6) is 0 Å². The van der Waals surface area contributed by atoms with Crippen molar-refractivity contribution in [2.45, 2.75) is 13.5 Å². The highest BCUT2D eigenvalue weighted by atomic mass is 16.6. The first kappa shape index (κ1) is 9.67. The molecule has 15 heavy (non-hydrogen) atoms. The molecule has 0 aliphatic heterocycles.